The molecule has 3 rings (SSSR count). The molecule has 0 aliphatic heterocycles. The fourth-order valence-corrected chi connectivity index (χ4v) is 1.62. The van der Waals surface area contributed by atoms with Gasteiger partial charge in [0.25, 0.3) is 0 Å². The largest absolute Gasteiger partial charge is 0.250 e. The predicted octanol–water partition coefficient (Wildman–Crippen LogP) is 4.97. The quantitative estimate of drug-likeness (QED) is 0.586. The maximum atomic E-state index is 3.95. The normalized spacial score (nSPS) is 10.2. The molecular weight excluding hydrogens is 366 g/mol. The summed E-state index contributed by atoms with van der Waals surface area (Å²) in [6.07, 6.45) is 7.03. The number of rotatable bonds is 1. The molecule has 3 aromatic heterocycles. The van der Waals surface area contributed by atoms with Crippen LogP contribution in [0.3, 0.4) is 0 Å². The van der Waals surface area contributed by atoms with E-state index in [2.05, 4.69) is 96.5 Å². The Labute approximate surface area is 177 Å². The van der Waals surface area contributed by atoms with Crippen molar-refractivity contribution in [3.05, 3.63) is 36.2 Å². The molecule has 0 aliphatic carbocycles. The minimum atomic E-state index is 0. The Kier molecular flexibility index (Phi) is 14.6. The monoisotopic (exact) mass is 409 g/mol. The fourth-order valence-electron chi connectivity index (χ4n) is 1.62. The average Bonchev–Trinajstić information content (AvgIpc) is 3.28. The van der Waals surface area contributed by atoms with E-state index in [9.17, 15) is 0 Å². The standard InChI is InChI=1S/2C6H11N3.C5H9N3.3CH4/c2*1-6(2,3)5-4-7-9-8-5;1-5(2)8-4-3-6-7-8;;;/h2*4H,1-3H3,(H,7,8,9);3-5H,1-2H3;3*1H4. The molecule has 0 atom stereocenters. The van der Waals surface area contributed by atoms with Crippen LogP contribution in [0.4, 0.5) is 0 Å². The van der Waals surface area contributed by atoms with E-state index in [1.54, 1.807) is 23.3 Å². The number of aromatic nitrogens is 9. The van der Waals surface area contributed by atoms with Crippen molar-refractivity contribution in [3.8, 4) is 0 Å². The summed E-state index contributed by atoms with van der Waals surface area (Å²) in [5.74, 6) is 0. The fraction of sp³-hybridized carbons (Fsp3) is 0.700. The van der Waals surface area contributed by atoms with Crippen LogP contribution in [0.15, 0.2) is 24.8 Å². The maximum absolute atomic E-state index is 3.95. The number of H-pyrrole nitrogens is 2. The smallest absolute Gasteiger partial charge is 0.0877 e. The van der Waals surface area contributed by atoms with Crippen molar-refractivity contribution in [1.82, 2.24) is 45.8 Å². The summed E-state index contributed by atoms with van der Waals surface area (Å²) in [7, 11) is 0. The van der Waals surface area contributed by atoms with Crippen LogP contribution in [0.1, 0.15) is 95.1 Å². The van der Waals surface area contributed by atoms with Crippen LogP contribution in [0, 0.1) is 0 Å². The Bertz CT molecular complexity index is 642. The molecule has 2 N–H and O–H groups in total. The van der Waals surface area contributed by atoms with Crippen molar-refractivity contribution in [2.24, 2.45) is 0 Å². The summed E-state index contributed by atoms with van der Waals surface area (Å²) >= 11 is 0. The van der Waals surface area contributed by atoms with Crippen molar-refractivity contribution in [3.63, 3.8) is 0 Å². The molecule has 0 aromatic carbocycles. The summed E-state index contributed by atoms with van der Waals surface area (Å²) in [6, 6.07) is 0.428. The molecule has 9 nitrogen and oxygen atoms in total. The van der Waals surface area contributed by atoms with Crippen molar-refractivity contribution < 1.29 is 0 Å². The summed E-state index contributed by atoms with van der Waals surface area (Å²) in [6.45, 7) is 16.7. The summed E-state index contributed by atoms with van der Waals surface area (Å²) < 4.78 is 1.81. The Morgan fingerprint density at radius 1 is 0.793 bits per heavy atom. The van der Waals surface area contributed by atoms with Gasteiger partial charge in [-0.25, -0.2) is 0 Å². The van der Waals surface area contributed by atoms with E-state index in [1.807, 2.05) is 6.20 Å². The van der Waals surface area contributed by atoms with Gasteiger partial charge in [0.05, 0.1) is 30.0 Å². The lowest BCUT2D eigenvalue weighted by Crippen LogP contribution is -2.11. The second-order valence-corrected chi connectivity index (χ2v) is 8.19. The molecule has 0 bridgehead atoms. The van der Waals surface area contributed by atoms with Gasteiger partial charge in [-0.2, -0.15) is 30.8 Å². The minimum absolute atomic E-state index is 0. The molecule has 29 heavy (non-hydrogen) atoms. The number of hydrogen-bond acceptors (Lipinski definition) is 6. The number of aromatic amines is 2. The third-order valence-electron chi connectivity index (χ3n) is 3.34. The van der Waals surface area contributed by atoms with Crippen LogP contribution in [0.5, 0.6) is 0 Å². The molecule has 0 aliphatic rings. The topological polar surface area (TPSA) is 114 Å². The van der Waals surface area contributed by atoms with E-state index in [0.29, 0.717) is 6.04 Å². The Morgan fingerprint density at radius 2 is 1.21 bits per heavy atom. The van der Waals surface area contributed by atoms with Crippen molar-refractivity contribution in [2.75, 3.05) is 0 Å². The second kappa shape index (κ2) is 13.6. The molecule has 0 saturated carbocycles. The highest BCUT2D eigenvalue weighted by molar-refractivity contribution is 5.05. The first-order valence-corrected chi connectivity index (χ1v) is 8.60. The molecule has 0 spiro atoms. The van der Waals surface area contributed by atoms with Gasteiger partial charge >= 0.3 is 0 Å². The molecule has 0 amide bonds. The van der Waals surface area contributed by atoms with E-state index in [-0.39, 0.29) is 33.1 Å². The lowest BCUT2D eigenvalue weighted by Gasteiger charge is -2.12. The van der Waals surface area contributed by atoms with E-state index in [0.717, 1.165) is 11.4 Å². The molecule has 9 heteroatoms. The minimum Gasteiger partial charge on any atom is -0.250 e. The Hall–Kier alpha value is -2.58. The number of nitrogens with zero attached hydrogens (tertiary/aromatic N) is 7. The average molecular weight is 410 g/mol. The van der Waals surface area contributed by atoms with Crippen LogP contribution in [-0.4, -0.2) is 45.8 Å². The lowest BCUT2D eigenvalue weighted by molar-refractivity contribution is 0.514. The maximum Gasteiger partial charge on any atom is 0.0877 e. The van der Waals surface area contributed by atoms with Crippen LogP contribution in [0.2, 0.25) is 0 Å². The van der Waals surface area contributed by atoms with E-state index in [4.69, 9.17) is 0 Å². The third-order valence-corrected chi connectivity index (χ3v) is 3.34. The van der Waals surface area contributed by atoms with Crippen LogP contribution in [0.25, 0.3) is 0 Å². The second-order valence-electron chi connectivity index (χ2n) is 8.19. The van der Waals surface area contributed by atoms with Gasteiger partial charge in [-0.1, -0.05) is 69.0 Å². The lowest BCUT2D eigenvalue weighted by atomic mass is 9.93. The van der Waals surface area contributed by atoms with Crippen LogP contribution in [-0.2, 0) is 10.8 Å². The third kappa shape index (κ3) is 11.8. The zero-order valence-corrected chi connectivity index (χ0v) is 17.0. The molecule has 0 unspecified atom stereocenters. The van der Waals surface area contributed by atoms with Gasteiger partial charge in [0.2, 0.25) is 0 Å². The first-order valence-electron chi connectivity index (χ1n) is 8.60. The zero-order chi connectivity index (χ0) is 19.8. The molecule has 0 radical (unpaired) electrons. The molecule has 0 saturated heterocycles. The first kappa shape index (κ1) is 31.1. The highest BCUT2D eigenvalue weighted by atomic mass is 15.4. The summed E-state index contributed by atoms with van der Waals surface area (Å²) in [5, 5.41) is 27.9. The van der Waals surface area contributed by atoms with Gasteiger partial charge in [0.1, 0.15) is 0 Å². The molecule has 3 heterocycles. The molecule has 3 aromatic rings. The Balaban J connectivity index is -0.000000333. The van der Waals surface area contributed by atoms with Gasteiger partial charge in [0, 0.05) is 23.1 Å². The van der Waals surface area contributed by atoms with Gasteiger partial charge in [-0.3, -0.25) is 4.68 Å². The SMILES string of the molecule is C.C.C.CC(C)(C)c1cn[nH]n1.CC(C)(C)c1cn[nH]n1.CC(C)n1ccnn1. The van der Waals surface area contributed by atoms with Gasteiger partial charge in [0.15, 0.2) is 0 Å². The highest BCUT2D eigenvalue weighted by Gasteiger charge is 2.16. The van der Waals surface area contributed by atoms with Gasteiger partial charge in [-0.05, 0) is 13.8 Å². The van der Waals surface area contributed by atoms with Crippen LogP contribution >= 0.6 is 0 Å². The Morgan fingerprint density at radius 3 is 1.34 bits per heavy atom. The van der Waals surface area contributed by atoms with Gasteiger partial charge < -0.3 is 0 Å². The van der Waals surface area contributed by atoms with Gasteiger partial charge in [-0.15, -0.1) is 5.10 Å². The first-order chi connectivity index (χ1) is 12.0. The number of hydrogen-bond donors (Lipinski definition) is 2. The molecular formula is C20H43N9. The zero-order valence-electron chi connectivity index (χ0n) is 17.0. The van der Waals surface area contributed by atoms with E-state index in [1.165, 1.54) is 0 Å². The van der Waals surface area contributed by atoms with E-state index < -0.39 is 0 Å². The van der Waals surface area contributed by atoms with Crippen molar-refractivity contribution >= 4 is 0 Å². The van der Waals surface area contributed by atoms with E-state index >= 15 is 0 Å². The highest BCUT2D eigenvalue weighted by Crippen LogP contribution is 2.17. The summed E-state index contributed by atoms with van der Waals surface area (Å²) in [5.41, 5.74) is 2.24. The molecule has 0 fully saturated rings. The molecule has 168 valence electrons. The summed E-state index contributed by atoms with van der Waals surface area (Å²) in [4.78, 5) is 0. The van der Waals surface area contributed by atoms with Crippen LogP contribution < -0.4 is 0 Å². The predicted molar refractivity (Wildman–Crippen MR) is 121 cm³/mol. The number of nitrogens with one attached hydrogen (secondary N) is 2. The van der Waals surface area contributed by atoms with Crippen molar-refractivity contribution in [2.45, 2.75) is 94.5 Å². The van der Waals surface area contributed by atoms with Crippen molar-refractivity contribution in [1.29, 1.82) is 0 Å².